The summed E-state index contributed by atoms with van der Waals surface area (Å²) in [6.45, 7) is 1.79. The number of carboxylic acid groups (broad SMARTS) is 1. The fraction of sp³-hybridized carbons (Fsp3) is 0.0909. The van der Waals surface area contributed by atoms with Crippen molar-refractivity contribution in [2.24, 2.45) is 0 Å². The minimum Gasteiger partial charge on any atom is -0.476 e. The van der Waals surface area contributed by atoms with Crippen molar-refractivity contribution in [3.05, 3.63) is 41.6 Å². The van der Waals surface area contributed by atoms with Crippen LogP contribution in [0.15, 0.2) is 24.8 Å². The molecule has 2 aromatic rings. The second-order valence-corrected chi connectivity index (χ2v) is 3.41. The number of carbonyl (C=O) groups is 1. The Bertz CT molecular complexity index is 625. The third kappa shape index (κ3) is 1.86. The van der Waals surface area contributed by atoms with Gasteiger partial charge in [-0.25, -0.2) is 14.8 Å². The number of aryl methyl sites for hydroxylation is 1. The number of rotatable bonds is 2. The molecular weight excluding hydrogens is 220 g/mol. The SMILES string of the molecule is Cc1ccnc(-n2cnc(C(=O)O)c2)c1C#N. The van der Waals surface area contributed by atoms with Crippen molar-refractivity contribution < 1.29 is 9.90 Å². The van der Waals surface area contributed by atoms with Crippen molar-refractivity contribution in [2.75, 3.05) is 0 Å². The van der Waals surface area contributed by atoms with Gasteiger partial charge in [0.2, 0.25) is 0 Å². The van der Waals surface area contributed by atoms with Crippen LogP contribution >= 0.6 is 0 Å². The summed E-state index contributed by atoms with van der Waals surface area (Å²) in [5, 5.41) is 17.8. The van der Waals surface area contributed by atoms with E-state index in [0.717, 1.165) is 5.56 Å². The van der Waals surface area contributed by atoms with Crippen molar-refractivity contribution >= 4 is 5.97 Å². The number of aromatic nitrogens is 3. The van der Waals surface area contributed by atoms with Crippen molar-refractivity contribution in [1.29, 1.82) is 5.26 Å². The monoisotopic (exact) mass is 228 g/mol. The van der Waals surface area contributed by atoms with Gasteiger partial charge >= 0.3 is 5.97 Å². The molecule has 0 aromatic carbocycles. The fourth-order valence-corrected chi connectivity index (χ4v) is 1.43. The maximum atomic E-state index is 10.7. The minimum absolute atomic E-state index is 0.0859. The second-order valence-electron chi connectivity index (χ2n) is 3.41. The molecule has 0 bridgehead atoms. The van der Waals surface area contributed by atoms with E-state index in [1.165, 1.54) is 17.1 Å². The lowest BCUT2D eigenvalue weighted by Gasteiger charge is -2.04. The predicted octanol–water partition coefficient (Wildman–Crippen LogP) is 1.15. The molecule has 2 heterocycles. The average molecular weight is 228 g/mol. The van der Waals surface area contributed by atoms with Gasteiger partial charge < -0.3 is 5.11 Å². The molecule has 17 heavy (non-hydrogen) atoms. The molecule has 1 N–H and O–H groups in total. The molecule has 2 rings (SSSR count). The molecular formula is C11H8N4O2. The molecule has 0 unspecified atom stereocenters. The van der Waals surface area contributed by atoms with E-state index >= 15 is 0 Å². The fourth-order valence-electron chi connectivity index (χ4n) is 1.43. The number of nitrogens with zero attached hydrogens (tertiary/aromatic N) is 4. The number of imidazole rings is 1. The largest absolute Gasteiger partial charge is 0.476 e. The number of pyridine rings is 1. The van der Waals surface area contributed by atoms with E-state index in [9.17, 15) is 4.79 Å². The molecule has 2 aromatic heterocycles. The number of carboxylic acids is 1. The van der Waals surface area contributed by atoms with Crippen LogP contribution in [0.25, 0.3) is 5.82 Å². The van der Waals surface area contributed by atoms with E-state index in [1.54, 1.807) is 19.2 Å². The second kappa shape index (κ2) is 4.06. The molecule has 0 saturated heterocycles. The zero-order valence-electron chi connectivity index (χ0n) is 8.95. The molecule has 0 aliphatic rings. The Morgan fingerprint density at radius 1 is 1.53 bits per heavy atom. The summed E-state index contributed by atoms with van der Waals surface area (Å²) in [5.74, 6) is -0.734. The molecule has 0 atom stereocenters. The number of nitriles is 1. The summed E-state index contributed by atoms with van der Waals surface area (Å²) in [6, 6.07) is 3.76. The highest BCUT2D eigenvalue weighted by molar-refractivity contribution is 5.85. The van der Waals surface area contributed by atoms with Crippen LogP contribution in [-0.4, -0.2) is 25.6 Å². The first-order valence-corrected chi connectivity index (χ1v) is 4.77. The van der Waals surface area contributed by atoms with Crippen molar-refractivity contribution in [2.45, 2.75) is 6.92 Å². The molecule has 6 heteroatoms. The van der Waals surface area contributed by atoms with Crippen LogP contribution in [0.1, 0.15) is 21.6 Å². The molecule has 84 valence electrons. The molecule has 0 aliphatic carbocycles. The third-order valence-corrected chi connectivity index (χ3v) is 2.30. The normalized spacial score (nSPS) is 9.88. The van der Waals surface area contributed by atoms with Gasteiger partial charge in [0.05, 0.1) is 5.56 Å². The molecule has 0 amide bonds. The van der Waals surface area contributed by atoms with Crippen LogP contribution in [-0.2, 0) is 0 Å². The van der Waals surface area contributed by atoms with Gasteiger partial charge in [0.25, 0.3) is 0 Å². The van der Waals surface area contributed by atoms with Crippen LogP contribution in [0.2, 0.25) is 0 Å². The molecule has 0 fully saturated rings. The molecule has 6 nitrogen and oxygen atoms in total. The van der Waals surface area contributed by atoms with Gasteiger partial charge in [0.15, 0.2) is 11.5 Å². The van der Waals surface area contributed by atoms with Crippen LogP contribution in [0.5, 0.6) is 0 Å². The molecule has 0 spiro atoms. The number of hydrogen-bond acceptors (Lipinski definition) is 4. The van der Waals surface area contributed by atoms with Crippen molar-refractivity contribution in [3.8, 4) is 11.9 Å². The van der Waals surface area contributed by atoms with Gasteiger partial charge in [-0.3, -0.25) is 4.57 Å². The Morgan fingerprint density at radius 3 is 2.88 bits per heavy atom. The summed E-state index contributed by atoms with van der Waals surface area (Å²) < 4.78 is 1.43. The van der Waals surface area contributed by atoms with E-state index in [4.69, 9.17) is 10.4 Å². The zero-order valence-corrected chi connectivity index (χ0v) is 8.95. The van der Waals surface area contributed by atoms with Crippen LogP contribution in [0, 0.1) is 18.3 Å². The highest BCUT2D eigenvalue weighted by Crippen LogP contribution is 2.15. The van der Waals surface area contributed by atoms with Gasteiger partial charge in [0, 0.05) is 12.4 Å². The lowest BCUT2D eigenvalue weighted by molar-refractivity contribution is 0.0691. The highest BCUT2D eigenvalue weighted by Gasteiger charge is 2.12. The Hall–Kier alpha value is -2.68. The zero-order chi connectivity index (χ0) is 12.4. The number of aromatic carboxylic acids is 1. The van der Waals surface area contributed by atoms with E-state index < -0.39 is 5.97 Å². The van der Waals surface area contributed by atoms with Gasteiger partial charge in [-0.2, -0.15) is 5.26 Å². The van der Waals surface area contributed by atoms with Gasteiger partial charge in [-0.1, -0.05) is 0 Å². The third-order valence-electron chi connectivity index (χ3n) is 2.30. The van der Waals surface area contributed by atoms with Crippen LogP contribution in [0.4, 0.5) is 0 Å². The average Bonchev–Trinajstić information content (AvgIpc) is 2.77. The van der Waals surface area contributed by atoms with Gasteiger partial charge in [-0.05, 0) is 18.6 Å². The Balaban J connectivity index is 2.57. The first-order chi connectivity index (χ1) is 8.13. The lowest BCUT2D eigenvalue weighted by Crippen LogP contribution is -2.00. The maximum absolute atomic E-state index is 10.7. The van der Waals surface area contributed by atoms with E-state index in [2.05, 4.69) is 9.97 Å². The Kier molecular flexibility index (Phi) is 2.58. The smallest absolute Gasteiger partial charge is 0.356 e. The van der Waals surface area contributed by atoms with E-state index in [0.29, 0.717) is 11.4 Å². The van der Waals surface area contributed by atoms with Gasteiger partial charge in [0.1, 0.15) is 12.4 Å². The maximum Gasteiger partial charge on any atom is 0.356 e. The lowest BCUT2D eigenvalue weighted by atomic mass is 10.1. The standard InChI is InChI=1S/C11H8N4O2/c1-7-2-3-13-10(8(7)4-12)15-5-9(11(16)17)14-6-15/h2-3,5-6H,1H3,(H,16,17). The predicted molar refractivity (Wildman–Crippen MR) is 57.8 cm³/mol. The summed E-state index contributed by atoms with van der Waals surface area (Å²) in [5.41, 5.74) is 1.10. The quantitative estimate of drug-likeness (QED) is 0.832. The molecule has 0 aliphatic heterocycles. The Morgan fingerprint density at radius 2 is 2.29 bits per heavy atom. The summed E-state index contributed by atoms with van der Waals surface area (Å²) in [7, 11) is 0. The summed E-state index contributed by atoms with van der Waals surface area (Å²) in [4.78, 5) is 18.5. The first-order valence-electron chi connectivity index (χ1n) is 4.77. The number of hydrogen-bond donors (Lipinski definition) is 1. The van der Waals surface area contributed by atoms with Crippen molar-refractivity contribution in [1.82, 2.24) is 14.5 Å². The Labute approximate surface area is 96.8 Å². The van der Waals surface area contributed by atoms with E-state index in [-0.39, 0.29) is 5.69 Å². The highest BCUT2D eigenvalue weighted by atomic mass is 16.4. The first kappa shape index (κ1) is 10.8. The molecule has 0 saturated carbocycles. The van der Waals surface area contributed by atoms with Crippen LogP contribution < -0.4 is 0 Å². The molecule has 0 radical (unpaired) electrons. The van der Waals surface area contributed by atoms with Crippen molar-refractivity contribution in [3.63, 3.8) is 0 Å². The minimum atomic E-state index is -1.12. The topological polar surface area (TPSA) is 91.8 Å². The summed E-state index contributed by atoms with van der Waals surface area (Å²) in [6.07, 6.45) is 4.21. The summed E-state index contributed by atoms with van der Waals surface area (Å²) >= 11 is 0. The van der Waals surface area contributed by atoms with E-state index in [1.807, 2.05) is 6.07 Å². The van der Waals surface area contributed by atoms with Gasteiger partial charge in [-0.15, -0.1) is 0 Å². The van der Waals surface area contributed by atoms with Crippen LogP contribution in [0.3, 0.4) is 0 Å².